The van der Waals surface area contributed by atoms with E-state index >= 15 is 0 Å². The zero-order chi connectivity index (χ0) is 10.2. The van der Waals surface area contributed by atoms with Crippen LogP contribution >= 0.6 is 11.8 Å². The molecule has 0 saturated heterocycles. The van der Waals surface area contributed by atoms with Crippen LogP contribution in [0.2, 0.25) is 0 Å². The lowest BCUT2D eigenvalue weighted by atomic mass is 10.4. The molecular weight excluding hydrogens is 198 g/mol. The van der Waals surface area contributed by atoms with Crippen LogP contribution < -0.4 is 5.32 Å². The third kappa shape index (κ3) is 4.62. The minimum Gasteiger partial charge on any atom is -0.416 e. The molecule has 1 aromatic heterocycles. The average molecular weight is 215 g/mol. The topological polar surface area (TPSA) is 51.0 Å². The van der Waals surface area contributed by atoms with E-state index in [9.17, 15) is 0 Å². The number of thioether (sulfide) groups is 1. The first-order valence-electron chi connectivity index (χ1n) is 4.96. The van der Waals surface area contributed by atoms with Crippen molar-refractivity contribution in [2.75, 3.05) is 18.8 Å². The van der Waals surface area contributed by atoms with Gasteiger partial charge in [-0.1, -0.05) is 18.7 Å². The molecule has 1 rings (SSSR count). The molecule has 0 atom stereocenters. The number of aryl methyl sites for hydroxylation is 1. The van der Waals surface area contributed by atoms with Gasteiger partial charge in [-0.25, -0.2) is 0 Å². The van der Waals surface area contributed by atoms with Crippen LogP contribution in [0.4, 0.5) is 0 Å². The molecule has 0 aromatic carbocycles. The molecule has 0 unspecified atom stereocenters. The van der Waals surface area contributed by atoms with Gasteiger partial charge < -0.3 is 9.73 Å². The largest absolute Gasteiger partial charge is 0.416 e. The summed E-state index contributed by atoms with van der Waals surface area (Å²) in [7, 11) is 0. The molecule has 0 amide bonds. The minimum absolute atomic E-state index is 0.636. The summed E-state index contributed by atoms with van der Waals surface area (Å²) in [5, 5.41) is 11.7. The lowest BCUT2D eigenvalue weighted by molar-refractivity contribution is 0.429. The van der Waals surface area contributed by atoms with E-state index in [0.29, 0.717) is 11.1 Å². The Morgan fingerprint density at radius 3 is 2.86 bits per heavy atom. The van der Waals surface area contributed by atoms with E-state index in [0.717, 1.165) is 25.3 Å². The zero-order valence-electron chi connectivity index (χ0n) is 8.75. The van der Waals surface area contributed by atoms with Gasteiger partial charge in [-0.05, 0) is 25.9 Å². The highest BCUT2D eigenvalue weighted by atomic mass is 32.2. The second kappa shape index (κ2) is 6.84. The van der Waals surface area contributed by atoms with Crippen molar-refractivity contribution in [2.24, 2.45) is 0 Å². The summed E-state index contributed by atoms with van der Waals surface area (Å²) in [6.45, 7) is 6.14. The lowest BCUT2D eigenvalue weighted by Gasteiger charge is -2.00. The molecule has 14 heavy (non-hydrogen) atoms. The van der Waals surface area contributed by atoms with Crippen LogP contribution in [0.5, 0.6) is 0 Å². The third-order valence-corrected chi connectivity index (χ3v) is 2.56. The first-order chi connectivity index (χ1) is 6.83. The Morgan fingerprint density at radius 2 is 2.21 bits per heavy atom. The molecule has 0 spiro atoms. The van der Waals surface area contributed by atoms with Crippen LogP contribution in [0.25, 0.3) is 0 Å². The summed E-state index contributed by atoms with van der Waals surface area (Å²) in [5.74, 6) is 1.66. The fourth-order valence-electron chi connectivity index (χ4n) is 0.995. The predicted molar refractivity (Wildman–Crippen MR) is 57.5 cm³/mol. The van der Waals surface area contributed by atoms with E-state index < -0.39 is 0 Å². The molecule has 0 saturated carbocycles. The van der Waals surface area contributed by atoms with Gasteiger partial charge in [0.25, 0.3) is 5.22 Å². The Kier molecular flexibility index (Phi) is 5.63. The molecular formula is C9H17N3OS. The summed E-state index contributed by atoms with van der Waals surface area (Å²) >= 11 is 1.62. The van der Waals surface area contributed by atoms with Gasteiger partial charge in [0, 0.05) is 12.7 Å². The molecule has 1 aromatic rings. The Balaban J connectivity index is 1.99. The number of nitrogens with one attached hydrogen (secondary N) is 1. The van der Waals surface area contributed by atoms with E-state index in [1.54, 1.807) is 18.7 Å². The van der Waals surface area contributed by atoms with E-state index in [-0.39, 0.29) is 0 Å². The highest BCUT2D eigenvalue weighted by molar-refractivity contribution is 7.99. The van der Waals surface area contributed by atoms with Crippen molar-refractivity contribution in [3.05, 3.63) is 5.89 Å². The molecule has 0 aliphatic carbocycles. The van der Waals surface area contributed by atoms with Crippen LogP contribution in [0, 0.1) is 6.92 Å². The van der Waals surface area contributed by atoms with Gasteiger partial charge in [0.1, 0.15) is 0 Å². The fraction of sp³-hybridized carbons (Fsp3) is 0.778. The number of aromatic nitrogens is 2. The number of nitrogens with zero attached hydrogens (tertiary/aromatic N) is 2. The van der Waals surface area contributed by atoms with Crippen molar-refractivity contribution in [3.63, 3.8) is 0 Å². The van der Waals surface area contributed by atoms with Crippen LogP contribution in [0.1, 0.15) is 25.7 Å². The highest BCUT2D eigenvalue weighted by Crippen LogP contribution is 2.15. The molecule has 0 fully saturated rings. The van der Waals surface area contributed by atoms with Crippen molar-refractivity contribution >= 4 is 11.8 Å². The molecule has 0 aliphatic heterocycles. The van der Waals surface area contributed by atoms with Gasteiger partial charge in [0.15, 0.2) is 0 Å². The van der Waals surface area contributed by atoms with Crippen molar-refractivity contribution < 1.29 is 4.42 Å². The van der Waals surface area contributed by atoms with Crippen LogP contribution in [0.15, 0.2) is 9.64 Å². The van der Waals surface area contributed by atoms with E-state index in [4.69, 9.17) is 4.42 Å². The molecule has 80 valence electrons. The summed E-state index contributed by atoms with van der Waals surface area (Å²) in [6.07, 6.45) is 2.32. The van der Waals surface area contributed by atoms with Crippen LogP contribution in [0.3, 0.4) is 0 Å². The van der Waals surface area contributed by atoms with Gasteiger partial charge in [0.2, 0.25) is 5.89 Å². The van der Waals surface area contributed by atoms with E-state index in [2.05, 4.69) is 22.4 Å². The first kappa shape index (κ1) is 11.5. The molecule has 1 heterocycles. The number of hydrogen-bond acceptors (Lipinski definition) is 5. The van der Waals surface area contributed by atoms with Gasteiger partial charge >= 0.3 is 0 Å². The standard InChI is InChI=1S/C9H17N3OS/c1-3-5-10-6-4-7-14-9-12-11-8(2)13-9/h10H,3-7H2,1-2H3. The highest BCUT2D eigenvalue weighted by Gasteiger charge is 2.01. The molecule has 4 nitrogen and oxygen atoms in total. The SMILES string of the molecule is CCCNCCCSc1nnc(C)o1. The smallest absolute Gasteiger partial charge is 0.276 e. The maximum Gasteiger partial charge on any atom is 0.276 e. The monoisotopic (exact) mass is 215 g/mol. The molecule has 0 aliphatic rings. The Bertz CT molecular complexity index is 252. The van der Waals surface area contributed by atoms with Crippen molar-refractivity contribution in [1.29, 1.82) is 0 Å². The second-order valence-electron chi connectivity index (χ2n) is 3.04. The van der Waals surface area contributed by atoms with Crippen LogP contribution in [-0.4, -0.2) is 29.0 Å². The Labute approximate surface area is 88.9 Å². The first-order valence-corrected chi connectivity index (χ1v) is 5.95. The summed E-state index contributed by atoms with van der Waals surface area (Å²) < 4.78 is 5.23. The number of hydrogen-bond donors (Lipinski definition) is 1. The molecule has 0 bridgehead atoms. The Hall–Kier alpha value is -0.550. The van der Waals surface area contributed by atoms with Gasteiger partial charge in [0.05, 0.1) is 0 Å². The quantitative estimate of drug-likeness (QED) is 0.556. The maximum atomic E-state index is 5.23. The van der Waals surface area contributed by atoms with Crippen molar-refractivity contribution in [2.45, 2.75) is 31.9 Å². The third-order valence-electron chi connectivity index (χ3n) is 1.66. The number of rotatable bonds is 7. The van der Waals surface area contributed by atoms with Gasteiger partial charge in [-0.3, -0.25) is 0 Å². The molecule has 0 radical (unpaired) electrons. The average Bonchev–Trinajstić information content (AvgIpc) is 2.58. The Morgan fingerprint density at radius 1 is 1.36 bits per heavy atom. The van der Waals surface area contributed by atoms with E-state index in [1.807, 2.05) is 0 Å². The van der Waals surface area contributed by atoms with Gasteiger partial charge in [-0.15, -0.1) is 10.2 Å². The summed E-state index contributed by atoms with van der Waals surface area (Å²) in [6, 6.07) is 0. The van der Waals surface area contributed by atoms with Gasteiger partial charge in [-0.2, -0.15) is 0 Å². The summed E-state index contributed by atoms with van der Waals surface area (Å²) in [5.41, 5.74) is 0. The normalized spacial score (nSPS) is 10.7. The van der Waals surface area contributed by atoms with Crippen molar-refractivity contribution in [3.8, 4) is 0 Å². The molecule has 5 heteroatoms. The minimum atomic E-state index is 0.636. The van der Waals surface area contributed by atoms with Crippen LogP contribution in [-0.2, 0) is 0 Å². The second-order valence-corrected chi connectivity index (χ2v) is 4.09. The molecule has 1 N–H and O–H groups in total. The fourth-order valence-corrected chi connectivity index (χ4v) is 1.74. The van der Waals surface area contributed by atoms with Crippen molar-refractivity contribution in [1.82, 2.24) is 15.5 Å². The predicted octanol–water partition coefficient (Wildman–Crippen LogP) is 1.86. The lowest BCUT2D eigenvalue weighted by Crippen LogP contribution is -2.16. The maximum absolute atomic E-state index is 5.23. The zero-order valence-corrected chi connectivity index (χ0v) is 9.56. The summed E-state index contributed by atoms with van der Waals surface area (Å²) in [4.78, 5) is 0. The van der Waals surface area contributed by atoms with E-state index in [1.165, 1.54) is 6.42 Å².